The van der Waals surface area contributed by atoms with Crippen molar-refractivity contribution in [3.8, 4) is 29.0 Å². The van der Waals surface area contributed by atoms with Gasteiger partial charge in [-0.2, -0.15) is 10.5 Å². The summed E-state index contributed by atoms with van der Waals surface area (Å²) in [6.45, 7) is 2.37. The second kappa shape index (κ2) is 9.65. The molecule has 1 aromatic heterocycles. The van der Waals surface area contributed by atoms with Crippen molar-refractivity contribution in [1.82, 2.24) is 4.98 Å². The van der Waals surface area contributed by atoms with Gasteiger partial charge in [0.15, 0.2) is 0 Å². The number of nitrogens with zero attached hydrogens (tertiary/aromatic N) is 4. The van der Waals surface area contributed by atoms with Crippen LogP contribution >= 0.6 is 11.8 Å². The smallest absolute Gasteiger partial charge is 0.247 e. The fraction of sp³-hybridized carbons (Fsp3) is 0.160. The number of imide groups is 1. The van der Waals surface area contributed by atoms with Gasteiger partial charge in [0.1, 0.15) is 34.3 Å². The molecule has 2 aromatic carbocycles. The summed E-state index contributed by atoms with van der Waals surface area (Å²) in [6, 6.07) is 19.8. The van der Waals surface area contributed by atoms with Crippen molar-refractivity contribution >= 4 is 35.1 Å². The van der Waals surface area contributed by atoms with E-state index in [4.69, 9.17) is 10.5 Å². The third-order valence-corrected chi connectivity index (χ3v) is 6.41. The van der Waals surface area contributed by atoms with E-state index in [1.807, 2.05) is 19.1 Å². The van der Waals surface area contributed by atoms with Crippen LogP contribution in [0.4, 0.5) is 11.5 Å². The van der Waals surface area contributed by atoms with E-state index in [0.29, 0.717) is 29.2 Å². The number of hydrogen-bond acceptors (Lipinski definition) is 8. The summed E-state index contributed by atoms with van der Waals surface area (Å²) in [7, 11) is 0. The Morgan fingerprint density at radius 2 is 1.76 bits per heavy atom. The summed E-state index contributed by atoms with van der Waals surface area (Å²) >= 11 is 1.01. The lowest BCUT2D eigenvalue weighted by Crippen LogP contribution is -2.31. The van der Waals surface area contributed by atoms with Crippen LogP contribution in [0.1, 0.15) is 24.5 Å². The minimum atomic E-state index is -0.783. The van der Waals surface area contributed by atoms with Gasteiger partial charge in [0.2, 0.25) is 11.8 Å². The van der Waals surface area contributed by atoms with Gasteiger partial charge < -0.3 is 10.5 Å². The number of nitrogens with two attached hydrogens (primary N) is 1. The van der Waals surface area contributed by atoms with E-state index in [-0.39, 0.29) is 34.3 Å². The van der Waals surface area contributed by atoms with Crippen molar-refractivity contribution in [2.75, 3.05) is 17.2 Å². The van der Waals surface area contributed by atoms with Gasteiger partial charge in [0, 0.05) is 12.0 Å². The highest BCUT2D eigenvalue weighted by Crippen LogP contribution is 2.40. The zero-order chi connectivity index (χ0) is 24.2. The average molecular weight is 470 g/mol. The number of ether oxygens (including phenoxy) is 1. The van der Waals surface area contributed by atoms with Gasteiger partial charge in [-0.25, -0.2) is 9.88 Å². The summed E-state index contributed by atoms with van der Waals surface area (Å²) in [5.74, 6) is -0.160. The molecule has 0 saturated carbocycles. The Labute approximate surface area is 200 Å². The van der Waals surface area contributed by atoms with Crippen molar-refractivity contribution in [1.29, 1.82) is 10.5 Å². The number of pyridine rings is 1. The Morgan fingerprint density at radius 1 is 1.09 bits per heavy atom. The summed E-state index contributed by atoms with van der Waals surface area (Å²) in [6.07, 6.45) is -0.0517. The number of nitriles is 2. The molecule has 168 valence electrons. The van der Waals surface area contributed by atoms with Crippen LogP contribution in [-0.2, 0) is 9.59 Å². The Bertz CT molecular complexity index is 1340. The Kier molecular flexibility index (Phi) is 6.48. The summed E-state index contributed by atoms with van der Waals surface area (Å²) in [4.78, 5) is 31.2. The van der Waals surface area contributed by atoms with E-state index in [2.05, 4.69) is 11.1 Å². The molecule has 4 rings (SSSR count). The lowest BCUT2D eigenvalue weighted by molar-refractivity contribution is -0.121. The monoisotopic (exact) mass is 469 g/mol. The molecular weight excluding hydrogens is 450 g/mol. The zero-order valence-corrected chi connectivity index (χ0v) is 19.0. The van der Waals surface area contributed by atoms with Gasteiger partial charge in [0.25, 0.3) is 0 Å². The molecule has 0 radical (unpaired) electrons. The first-order valence-electron chi connectivity index (χ1n) is 10.4. The van der Waals surface area contributed by atoms with Gasteiger partial charge in [-0.15, -0.1) is 0 Å². The van der Waals surface area contributed by atoms with Crippen LogP contribution in [0.5, 0.6) is 5.75 Å². The van der Waals surface area contributed by atoms with Crippen LogP contribution in [0.25, 0.3) is 11.1 Å². The summed E-state index contributed by atoms with van der Waals surface area (Å²) in [5, 5.41) is 19.0. The molecule has 34 heavy (non-hydrogen) atoms. The first-order chi connectivity index (χ1) is 16.5. The van der Waals surface area contributed by atoms with E-state index in [9.17, 15) is 20.1 Å². The topological polar surface area (TPSA) is 133 Å². The number of anilines is 2. The molecule has 2 amide bonds. The highest BCUT2D eigenvalue weighted by atomic mass is 32.2. The van der Waals surface area contributed by atoms with Crippen LogP contribution < -0.4 is 15.4 Å². The first-order valence-corrected chi connectivity index (χ1v) is 11.3. The van der Waals surface area contributed by atoms with Crippen molar-refractivity contribution in [2.24, 2.45) is 0 Å². The maximum absolute atomic E-state index is 13.2. The Morgan fingerprint density at radius 3 is 2.38 bits per heavy atom. The van der Waals surface area contributed by atoms with Gasteiger partial charge in [0.05, 0.1) is 23.1 Å². The molecule has 0 spiro atoms. The van der Waals surface area contributed by atoms with Crippen LogP contribution in [0.3, 0.4) is 0 Å². The van der Waals surface area contributed by atoms with Crippen LogP contribution in [0.2, 0.25) is 0 Å². The van der Waals surface area contributed by atoms with Crippen LogP contribution in [0, 0.1) is 22.7 Å². The predicted molar refractivity (Wildman–Crippen MR) is 128 cm³/mol. The number of hydrogen-bond donors (Lipinski definition) is 1. The fourth-order valence-electron chi connectivity index (χ4n) is 3.74. The van der Waals surface area contributed by atoms with Crippen molar-refractivity contribution in [2.45, 2.75) is 23.6 Å². The standard InChI is InChI=1S/C25H19N5O3S/c1-2-33-17-10-8-16(9-11-17)30-21(31)12-20(25(30)32)34-24-19(14-27)22(15-6-4-3-5-7-15)18(13-26)23(28)29-24/h3-11,20H,2,12H2,1H3,(H2,28,29)/t20-/m0/s1. The molecule has 0 aliphatic carbocycles. The predicted octanol–water partition coefficient (Wildman–Crippen LogP) is 3.90. The van der Waals surface area contributed by atoms with E-state index >= 15 is 0 Å². The molecule has 0 unspecified atom stereocenters. The number of nitrogen functional groups attached to an aromatic ring is 1. The number of carbonyl (C=O) groups is 2. The molecule has 8 nitrogen and oxygen atoms in total. The molecule has 2 heterocycles. The molecule has 9 heteroatoms. The maximum atomic E-state index is 13.2. The Hall–Kier alpha value is -4.34. The lowest BCUT2D eigenvalue weighted by Gasteiger charge is -2.16. The minimum absolute atomic E-state index is 0.0389. The highest BCUT2D eigenvalue weighted by molar-refractivity contribution is 8.00. The molecule has 1 aliphatic rings. The molecule has 1 atom stereocenters. The van der Waals surface area contributed by atoms with Crippen molar-refractivity contribution in [3.05, 3.63) is 65.7 Å². The highest BCUT2D eigenvalue weighted by Gasteiger charge is 2.41. The van der Waals surface area contributed by atoms with E-state index in [1.165, 1.54) is 0 Å². The molecule has 1 aliphatic heterocycles. The normalized spacial score (nSPS) is 15.1. The third-order valence-electron chi connectivity index (χ3n) is 5.24. The van der Waals surface area contributed by atoms with Crippen LogP contribution in [-0.4, -0.2) is 28.7 Å². The fourth-order valence-corrected chi connectivity index (χ4v) is 4.86. The second-order valence-electron chi connectivity index (χ2n) is 7.32. The number of amides is 2. The molecule has 3 aromatic rings. The van der Waals surface area contributed by atoms with Gasteiger partial charge in [-0.05, 0) is 36.8 Å². The SMILES string of the molecule is CCOc1ccc(N2C(=O)C[C@H](Sc3nc(N)c(C#N)c(-c4ccccc4)c3C#N)C2=O)cc1. The minimum Gasteiger partial charge on any atom is -0.494 e. The number of benzene rings is 2. The third kappa shape index (κ3) is 4.17. The van der Waals surface area contributed by atoms with Crippen molar-refractivity contribution < 1.29 is 14.3 Å². The molecule has 0 bridgehead atoms. The number of thioether (sulfide) groups is 1. The molecule has 2 N–H and O–H groups in total. The Balaban J connectivity index is 1.69. The van der Waals surface area contributed by atoms with E-state index < -0.39 is 11.2 Å². The molecule has 1 saturated heterocycles. The quantitative estimate of drug-likeness (QED) is 0.538. The van der Waals surface area contributed by atoms with Gasteiger partial charge >= 0.3 is 0 Å². The number of aromatic nitrogens is 1. The van der Waals surface area contributed by atoms with Gasteiger partial charge in [-0.1, -0.05) is 42.1 Å². The van der Waals surface area contributed by atoms with Crippen LogP contribution in [0.15, 0.2) is 59.6 Å². The summed E-state index contributed by atoms with van der Waals surface area (Å²) in [5.41, 5.74) is 7.73. The molecular formula is C25H19N5O3S. The van der Waals surface area contributed by atoms with Gasteiger partial charge in [-0.3, -0.25) is 9.59 Å². The number of carbonyl (C=O) groups excluding carboxylic acids is 2. The average Bonchev–Trinajstić information content (AvgIpc) is 3.12. The van der Waals surface area contributed by atoms with Crippen molar-refractivity contribution in [3.63, 3.8) is 0 Å². The van der Waals surface area contributed by atoms with E-state index in [1.54, 1.807) is 48.5 Å². The zero-order valence-electron chi connectivity index (χ0n) is 18.2. The largest absolute Gasteiger partial charge is 0.494 e. The summed E-state index contributed by atoms with van der Waals surface area (Å²) < 4.78 is 5.41. The number of rotatable bonds is 6. The van der Waals surface area contributed by atoms with E-state index in [0.717, 1.165) is 16.7 Å². The second-order valence-corrected chi connectivity index (χ2v) is 8.51. The lowest BCUT2D eigenvalue weighted by atomic mass is 9.97. The maximum Gasteiger partial charge on any atom is 0.247 e. The molecule has 1 fully saturated rings. The first kappa shape index (κ1) is 22.8.